The van der Waals surface area contributed by atoms with Crippen LogP contribution in [0.25, 0.3) is 11.0 Å². The monoisotopic (exact) mass is 553 g/mol. The highest BCUT2D eigenvalue weighted by atomic mass is 32.2. The molecule has 5 rings (SSSR count). The SMILES string of the molecule is C[C@H]1CCCN(S(=O)(=O)c2ccc3c(c2)nc(SCc2ccc(C(F)(F)F)cc2)n3C[C@H]2CCCO2)C1. The molecule has 0 radical (unpaired) electrons. The zero-order valence-corrected chi connectivity index (χ0v) is 22.2. The molecule has 0 bridgehead atoms. The third-order valence-electron chi connectivity index (χ3n) is 7.00. The summed E-state index contributed by atoms with van der Waals surface area (Å²) in [5.41, 5.74) is 1.47. The van der Waals surface area contributed by atoms with Crippen LogP contribution in [0, 0.1) is 5.92 Å². The molecule has 2 atom stereocenters. The smallest absolute Gasteiger partial charge is 0.376 e. The van der Waals surface area contributed by atoms with Crippen LogP contribution in [0.5, 0.6) is 0 Å². The lowest BCUT2D eigenvalue weighted by Crippen LogP contribution is -2.39. The Morgan fingerprint density at radius 1 is 1.11 bits per heavy atom. The third-order valence-corrected chi connectivity index (χ3v) is 9.91. The predicted molar refractivity (Wildman–Crippen MR) is 137 cm³/mol. The summed E-state index contributed by atoms with van der Waals surface area (Å²) in [7, 11) is -3.62. The fourth-order valence-corrected chi connectivity index (χ4v) is 7.58. The molecular weight excluding hydrogens is 523 g/mol. The summed E-state index contributed by atoms with van der Waals surface area (Å²) < 4.78 is 74.9. The van der Waals surface area contributed by atoms with Gasteiger partial charge in [-0.2, -0.15) is 17.5 Å². The van der Waals surface area contributed by atoms with Crippen molar-refractivity contribution >= 4 is 32.8 Å². The summed E-state index contributed by atoms with van der Waals surface area (Å²) in [4.78, 5) is 5.00. The normalized spacial score (nSPS) is 21.6. The van der Waals surface area contributed by atoms with Crippen molar-refractivity contribution in [2.24, 2.45) is 5.92 Å². The number of imidazole rings is 1. The largest absolute Gasteiger partial charge is 0.416 e. The van der Waals surface area contributed by atoms with Gasteiger partial charge >= 0.3 is 6.18 Å². The van der Waals surface area contributed by atoms with Gasteiger partial charge in [-0.3, -0.25) is 0 Å². The summed E-state index contributed by atoms with van der Waals surface area (Å²) in [6, 6.07) is 10.2. The number of aromatic nitrogens is 2. The zero-order chi connectivity index (χ0) is 26.2. The van der Waals surface area contributed by atoms with Gasteiger partial charge in [0, 0.05) is 25.4 Å². The summed E-state index contributed by atoms with van der Waals surface area (Å²) >= 11 is 1.42. The maximum Gasteiger partial charge on any atom is 0.416 e. The Morgan fingerprint density at radius 2 is 1.89 bits per heavy atom. The third kappa shape index (κ3) is 5.84. The first kappa shape index (κ1) is 26.5. The Labute approximate surface area is 219 Å². The number of nitrogens with zero attached hydrogens (tertiary/aromatic N) is 3. The maximum atomic E-state index is 13.3. The molecule has 0 amide bonds. The van der Waals surface area contributed by atoms with Gasteiger partial charge in [-0.1, -0.05) is 30.8 Å². The predicted octanol–water partition coefficient (Wildman–Crippen LogP) is 5.95. The van der Waals surface area contributed by atoms with Crippen molar-refractivity contribution in [3.63, 3.8) is 0 Å². The van der Waals surface area contributed by atoms with Crippen molar-refractivity contribution in [2.75, 3.05) is 19.7 Å². The quantitative estimate of drug-likeness (QED) is 0.339. The zero-order valence-electron chi connectivity index (χ0n) is 20.6. The molecule has 0 N–H and O–H groups in total. The molecule has 11 heteroatoms. The van der Waals surface area contributed by atoms with Gasteiger partial charge in [0.15, 0.2) is 5.16 Å². The number of sulfonamides is 1. The van der Waals surface area contributed by atoms with Crippen LogP contribution in [0.3, 0.4) is 0 Å². The first-order chi connectivity index (χ1) is 17.6. The van der Waals surface area contributed by atoms with Crippen LogP contribution in [-0.2, 0) is 33.2 Å². The lowest BCUT2D eigenvalue weighted by molar-refractivity contribution is -0.137. The Morgan fingerprint density at radius 3 is 2.57 bits per heavy atom. The Bertz CT molecular complexity index is 1350. The molecule has 0 unspecified atom stereocenters. The molecular formula is C26H30F3N3O3S2. The first-order valence-electron chi connectivity index (χ1n) is 12.5. The summed E-state index contributed by atoms with van der Waals surface area (Å²) in [5.74, 6) is 0.759. The van der Waals surface area contributed by atoms with Crippen LogP contribution in [0.2, 0.25) is 0 Å². The van der Waals surface area contributed by atoms with Crippen molar-refractivity contribution < 1.29 is 26.3 Å². The topological polar surface area (TPSA) is 64.4 Å². The molecule has 37 heavy (non-hydrogen) atoms. The maximum absolute atomic E-state index is 13.3. The van der Waals surface area contributed by atoms with Crippen LogP contribution in [0.1, 0.15) is 43.7 Å². The van der Waals surface area contributed by atoms with E-state index >= 15 is 0 Å². The van der Waals surface area contributed by atoms with Gasteiger partial charge in [0.1, 0.15) is 0 Å². The van der Waals surface area contributed by atoms with Crippen LogP contribution < -0.4 is 0 Å². The Hall–Kier alpha value is -2.08. The highest BCUT2D eigenvalue weighted by molar-refractivity contribution is 7.98. The summed E-state index contributed by atoms with van der Waals surface area (Å²) in [5, 5.41) is 0.687. The fourth-order valence-electron chi connectivity index (χ4n) is 4.98. The fraction of sp³-hybridized carbons (Fsp3) is 0.500. The van der Waals surface area contributed by atoms with Gasteiger partial charge in [0.25, 0.3) is 0 Å². The first-order valence-corrected chi connectivity index (χ1v) is 14.9. The molecule has 200 valence electrons. The van der Waals surface area contributed by atoms with Gasteiger partial charge in [-0.05, 0) is 67.5 Å². The van der Waals surface area contributed by atoms with E-state index in [2.05, 4.69) is 6.92 Å². The molecule has 1 aromatic heterocycles. The number of hydrogen-bond acceptors (Lipinski definition) is 5. The van der Waals surface area contributed by atoms with E-state index in [1.807, 2.05) is 4.57 Å². The minimum Gasteiger partial charge on any atom is -0.376 e. The van der Waals surface area contributed by atoms with Crippen molar-refractivity contribution in [1.29, 1.82) is 0 Å². The molecule has 3 heterocycles. The molecule has 3 aromatic rings. The number of hydrogen-bond donors (Lipinski definition) is 0. The van der Waals surface area contributed by atoms with E-state index in [0.29, 0.717) is 48.6 Å². The minimum atomic E-state index is -4.37. The number of alkyl halides is 3. The molecule has 6 nitrogen and oxygen atoms in total. The second kappa shape index (κ2) is 10.6. The molecule has 2 fully saturated rings. The van der Waals surface area contributed by atoms with E-state index in [1.54, 1.807) is 22.5 Å². The van der Waals surface area contributed by atoms with Crippen molar-refractivity contribution in [2.45, 2.75) is 67.2 Å². The van der Waals surface area contributed by atoms with E-state index in [0.717, 1.165) is 48.9 Å². The van der Waals surface area contributed by atoms with Gasteiger partial charge in [0.05, 0.1) is 34.1 Å². The summed E-state index contributed by atoms with van der Waals surface area (Å²) in [6.45, 7) is 4.40. The van der Waals surface area contributed by atoms with Crippen LogP contribution in [0.4, 0.5) is 13.2 Å². The number of thioether (sulfide) groups is 1. The van der Waals surface area contributed by atoms with Gasteiger partial charge < -0.3 is 9.30 Å². The second-order valence-electron chi connectivity index (χ2n) is 9.88. The van der Waals surface area contributed by atoms with E-state index in [-0.39, 0.29) is 11.0 Å². The highest BCUT2D eigenvalue weighted by Gasteiger charge is 2.31. The molecule has 2 saturated heterocycles. The summed E-state index contributed by atoms with van der Waals surface area (Å²) in [6.07, 6.45) is -0.530. The van der Waals surface area contributed by atoms with E-state index in [9.17, 15) is 21.6 Å². The van der Waals surface area contributed by atoms with E-state index < -0.39 is 21.8 Å². The molecule has 2 aliphatic rings. The minimum absolute atomic E-state index is 0.0427. The van der Waals surface area contributed by atoms with Crippen molar-refractivity contribution in [3.05, 3.63) is 53.6 Å². The van der Waals surface area contributed by atoms with E-state index in [1.165, 1.54) is 23.9 Å². The lowest BCUT2D eigenvalue weighted by Gasteiger charge is -2.30. The van der Waals surface area contributed by atoms with Crippen molar-refractivity contribution in [1.82, 2.24) is 13.9 Å². The molecule has 2 aromatic carbocycles. The molecule has 0 spiro atoms. The van der Waals surface area contributed by atoms with E-state index in [4.69, 9.17) is 9.72 Å². The molecule has 2 aliphatic heterocycles. The van der Waals surface area contributed by atoms with Gasteiger partial charge in [-0.15, -0.1) is 0 Å². The number of piperidine rings is 1. The Balaban J connectivity index is 1.43. The van der Waals surface area contributed by atoms with Crippen molar-refractivity contribution in [3.8, 4) is 0 Å². The number of fused-ring (bicyclic) bond motifs is 1. The second-order valence-corrected chi connectivity index (χ2v) is 12.8. The van der Waals surface area contributed by atoms with Crippen LogP contribution in [-0.4, -0.2) is 48.1 Å². The Kier molecular flexibility index (Phi) is 7.59. The average molecular weight is 554 g/mol. The number of ether oxygens (including phenoxy) is 1. The van der Waals surface area contributed by atoms with Crippen LogP contribution >= 0.6 is 11.8 Å². The number of halogens is 3. The molecule has 0 aliphatic carbocycles. The highest BCUT2D eigenvalue weighted by Crippen LogP contribution is 2.33. The molecule has 0 saturated carbocycles. The standard InChI is InChI=1S/C26H30F3N3O3S2/c1-18-4-2-12-31(15-18)37(33,34)22-10-11-24-23(14-22)30-25(32(24)16-21-5-3-13-35-21)36-17-19-6-8-20(9-7-19)26(27,28)29/h6-11,14,18,21H,2-5,12-13,15-17H2,1H3/t18-,21+/m0/s1. The average Bonchev–Trinajstić information content (AvgIpc) is 3.50. The lowest BCUT2D eigenvalue weighted by atomic mass is 10.0. The number of rotatable bonds is 7. The number of benzene rings is 2. The van der Waals surface area contributed by atoms with Crippen LogP contribution in [0.15, 0.2) is 52.5 Å². The van der Waals surface area contributed by atoms with Gasteiger partial charge in [0.2, 0.25) is 10.0 Å². The van der Waals surface area contributed by atoms with Gasteiger partial charge in [-0.25, -0.2) is 13.4 Å².